The van der Waals surface area contributed by atoms with E-state index in [1.54, 1.807) is 0 Å². The number of methoxy groups -OCH3 is 2. The summed E-state index contributed by atoms with van der Waals surface area (Å²) in [5.41, 5.74) is -1.08. The third-order valence-electron chi connectivity index (χ3n) is 4.11. The molecule has 110 valence electrons. The molecule has 1 aliphatic rings. The SMILES string of the molecule is COC(=O)C1(C(=O)OC)C[C@@H](C[Si](C)(C)C)[C@H](C)C1. The van der Waals surface area contributed by atoms with Crippen LogP contribution in [0.4, 0.5) is 0 Å². The number of carbonyl (C=O) groups excluding carboxylic acids is 2. The van der Waals surface area contributed by atoms with Crippen LogP contribution in [-0.2, 0) is 19.1 Å². The first-order valence-corrected chi connectivity index (χ1v) is 10.5. The summed E-state index contributed by atoms with van der Waals surface area (Å²) in [5, 5.41) is 0. The van der Waals surface area contributed by atoms with E-state index in [1.807, 2.05) is 0 Å². The molecule has 2 atom stereocenters. The van der Waals surface area contributed by atoms with Gasteiger partial charge in [0.25, 0.3) is 0 Å². The predicted octanol–water partition coefficient (Wildman–Crippen LogP) is 2.70. The van der Waals surface area contributed by atoms with Crippen LogP contribution in [0.1, 0.15) is 19.8 Å². The smallest absolute Gasteiger partial charge is 0.323 e. The minimum Gasteiger partial charge on any atom is -0.468 e. The van der Waals surface area contributed by atoms with Gasteiger partial charge in [0.1, 0.15) is 0 Å². The quantitative estimate of drug-likeness (QED) is 0.453. The predicted molar refractivity (Wildman–Crippen MR) is 76.5 cm³/mol. The maximum atomic E-state index is 12.1. The lowest BCUT2D eigenvalue weighted by Gasteiger charge is -2.25. The fourth-order valence-corrected chi connectivity index (χ4v) is 5.44. The molecule has 0 N–H and O–H groups in total. The van der Waals surface area contributed by atoms with Crippen molar-refractivity contribution in [3.63, 3.8) is 0 Å². The van der Waals surface area contributed by atoms with Crippen LogP contribution in [0.5, 0.6) is 0 Å². The normalized spacial score (nSPS) is 26.0. The van der Waals surface area contributed by atoms with Crippen molar-refractivity contribution in [2.24, 2.45) is 17.3 Å². The van der Waals surface area contributed by atoms with Gasteiger partial charge in [0.05, 0.1) is 14.2 Å². The van der Waals surface area contributed by atoms with Crippen LogP contribution in [0, 0.1) is 17.3 Å². The van der Waals surface area contributed by atoms with Crippen LogP contribution in [0.3, 0.4) is 0 Å². The molecule has 1 rings (SSSR count). The molecule has 5 heteroatoms. The molecule has 0 saturated heterocycles. The largest absolute Gasteiger partial charge is 0.468 e. The summed E-state index contributed by atoms with van der Waals surface area (Å²) in [6.45, 7) is 9.07. The Morgan fingerprint density at radius 3 is 1.95 bits per heavy atom. The van der Waals surface area contributed by atoms with Gasteiger partial charge in [-0.3, -0.25) is 9.59 Å². The monoisotopic (exact) mass is 286 g/mol. The van der Waals surface area contributed by atoms with E-state index in [2.05, 4.69) is 26.6 Å². The Bertz CT molecular complexity index is 343. The van der Waals surface area contributed by atoms with E-state index in [-0.39, 0.29) is 0 Å². The zero-order valence-electron chi connectivity index (χ0n) is 12.9. The first-order valence-electron chi connectivity index (χ1n) is 6.83. The van der Waals surface area contributed by atoms with Gasteiger partial charge in [0.2, 0.25) is 0 Å². The molecule has 1 aliphatic carbocycles. The van der Waals surface area contributed by atoms with Crippen molar-refractivity contribution in [2.45, 2.75) is 45.5 Å². The Hall–Kier alpha value is -0.843. The molecule has 0 aromatic carbocycles. The lowest BCUT2D eigenvalue weighted by Crippen LogP contribution is -2.39. The first kappa shape index (κ1) is 16.2. The molecule has 1 saturated carbocycles. The lowest BCUT2D eigenvalue weighted by molar-refractivity contribution is -0.169. The molecule has 0 spiro atoms. The van der Waals surface area contributed by atoms with Crippen LogP contribution in [-0.4, -0.2) is 34.2 Å². The molecule has 0 heterocycles. The Kier molecular flexibility index (Phi) is 4.82. The van der Waals surface area contributed by atoms with E-state index >= 15 is 0 Å². The van der Waals surface area contributed by atoms with Gasteiger partial charge in [-0.15, -0.1) is 0 Å². The molecule has 1 fully saturated rings. The fourth-order valence-electron chi connectivity index (χ4n) is 3.32. The fraction of sp³-hybridized carbons (Fsp3) is 0.857. The highest BCUT2D eigenvalue weighted by Crippen LogP contribution is 2.49. The molecule has 4 nitrogen and oxygen atoms in total. The van der Waals surface area contributed by atoms with Gasteiger partial charge < -0.3 is 9.47 Å². The maximum Gasteiger partial charge on any atom is 0.323 e. The zero-order valence-corrected chi connectivity index (χ0v) is 13.9. The summed E-state index contributed by atoms with van der Waals surface area (Å²) in [6.07, 6.45) is 1.11. The minimum atomic E-state index is -1.22. The Morgan fingerprint density at radius 2 is 1.58 bits per heavy atom. The third kappa shape index (κ3) is 3.38. The molecule has 19 heavy (non-hydrogen) atoms. The van der Waals surface area contributed by atoms with Gasteiger partial charge in [-0.25, -0.2) is 0 Å². The van der Waals surface area contributed by atoms with Crippen molar-refractivity contribution >= 4 is 20.0 Å². The van der Waals surface area contributed by atoms with Crippen molar-refractivity contribution in [3.8, 4) is 0 Å². The lowest BCUT2D eigenvalue weighted by atomic mass is 9.85. The Morgan fingerprint density at radius 1 is 1.11 bits per heavy atom. The molecule has 0 aromatic heterocycles. The average Bonchev–Trinajstić information content (AvgIpc) is 2.63. The molecule has 0 aromatic rings. The van der Waals surface area contributed by atoms with Crippen LogP contribution >= 0.6 is 0 Å². The molecule has 0 amide bonds. The van der Waals surface area contributed by atoms with E-state index in [4.69, 9.17) is 9.47 Å². The molecule has 0 bridgehead atoms. The average molecular weight is 286 g/mol. The van der Waals surface area contributed by atoms with Gasteiger partial charge in [0.15, 0.2) is 5.41 Å². The third-order valence-corrected chi connectivity index (χ3v) is 5.86. The number of rotatable bonds is 4. The number of hydrogen-bond donors (Lipinski definition) is 0. The zero-order chi connectivity index (χ0) is 14.8. The highest BCUT2D eigenvalue weighted by Gasteiger charge is 2.56. The van der Waals surface area contributed by atoms with Crippen LogP contribution < -0.4 is 0 Å². The molecule has 0 radical (unpaired) electrons. The second-order valence-electron chi connectivity index (χ2n) is 6.98. The van der Waals surface area contributed by atoms with Gasteiger partial charge in [-0.1, -0.05) is 32.6 Å². The highest BCUT2D eigenvalue weighted by molar-refractivity contribution is 6.76. The van der Waals surface area contributed by atoms with Gasteiger partial charge in [0, 0.05) is 8.07 Å². The second kappa shape index (κ2) is 5.65. The summed E-state index contributed by atoms with van der Waals surface area (Å²) in [7, 11) is 1.45. The standard InChI is InChI=1S/C14H26O4Si/c1-10-7-14(12(15)17-2,13(16)18-3)8-11(10)9-19(4,5)6/h10-11H,7-9H2,1-6H3/t10-,11+/m1/s1. The first-order chi connectivity index (χ1) is 8.66. The maximum absolute atomic E-state index is 12.1. The van der Waals surface area contributed by atoms with Crippen molar-refractivity contribution in [1.82, 2.24) is 0 Å². The van der Waals surface area contributed by atoms with Crippen LogP contribution in [0.25, 0.3) is 0 Å². The Labute approximate surface area is 116 Å². The summed E-state index contributed by atoms with van der Waals surface area (Å²) < 4.78 is 9.72. The van der Waals surface area contributed by atoms with E-state index < -0.39 is 25.4 Å². The minimum absolute atomic E-state index is 0.352. The van der Waals surface area contributed by atoms with E-state index in [9.17, 15) is 9.59 Å². The van der Waals surface area contributed by atoms with E-state index in [1.165, 1.54) is 14.2 Å². The highest BCUT2D eigenvalue weighted by atomic mass is 28.3. The van der Waals surface area contributed by atoms with Gasteiger partial charge in [-0.2, -0.15) is 0 Å². The van der Waals surface area contributed by atoms with E-state index in [0.717, 1.165) is 6.04 Å². The van der Waals surface area contributed by atoms with Gasteiger partial charge >= 0.3 is 11.9 Å². The van der Waals surface area contributed by atoms with Crippen molar-refractivity contribution in [1.29, 1.82) is 0 Å². The van der Waals surface area contributed by atoms with Crippen molar-refractivity contribution in [2.75, 3.05) is 14.2 Å². The number of esters is 2. The van der Waals surface area contributed by atoms with E-state index in [0.29, 0.717) is 24.7 Å². The van der Waals surface area contributed by atoms with Crippen LogP contribution in [0.2, 0.25) is 25.7 Å². The molecular weight excluding hydrogens is 260 g/mol. The molecule has 0 aliphatic heterocycles. The van der Waals surface area contributed by atoms with Crippen LogP contribution in [0.15, 0.2) is 0 Å². The van der Waals surface area contributed by atoms with Crippen molar-refractivity contribution in [3.05, 3.63) is 0 Å². The summed E-state index contributed by atoms with van der Waals surface area (Å²) in [6, 6.07) is 1.13. The topological polar surface area (TPSA) is 52.6 Å². The number of ether oxygens (including phenoxy) is 2. The van der Waals surface area contributed by atoms with Crippen molar-refractivity contribution < 1.29 is 19.1 Å². The summed E-state index contributed by atoms with van der Waals surface area (Å²) in [4.78, 5) is 24.2. The Balaban J connectivity index is 2.98. The second-order valence-corrected chi connectivity index (χ2v) is 12.5. The summed E-state index contributed by atoms with van der Waals surface area (Å²) >= 11 is 0. The van der Waals surface area contributed by atoms with Gasteiger partial charge in [-0.05, 0) is 24.7 Å². The number of hydrogen-bond acceptors (Lipinski definition) is 4. The molecule has 0 unspecified atom stereocenters. The summed E-state index contributed by atoms with van der Waals surface area (Å²) in [5.74, 6) is -0.122. The molecular formula is C14H26O4Si. The number of carbonyl (C=O) groups is 2.